The number of rotatable bonds is 6. The molecule has 2 aromatic carbocycles. The summed E-state index contributed by atoms with van der Waals surface area (Å²) < 4.78 is 16.7. The van der Waals surface area contributed by atoms with Gasteiger partial charge in [0.1, 0.15) is 18.1 Å². The van der Waals surface area contributed by atoms with Crippen molar-refractivity contribution in [3.05, 3.63) is 54.1 Å². The van der Waals surface area contributed by atoms with Crippen LogP contribution in [0.2, 0.25) is 0 Å². The van der Waals surface area contributed by atoms with Gasteiger partial charge in [-0.2, -0.15) is 0 Å². The highest BCUT2D eigenvalue weighted by atomic mass is 16.5. The first kappa shape index (κ1) is 16.3. The highest BCUT2D eigenvalue weighted by Crippen LogP contribution is 2.27. The zero-order chi connectivity index (χ0) is 16.8. The first-order chi connectivity index (χ1) is 11.8. The molecule has 1 aliphatic rings. The van der Waals surface area contributed by atoms with Gasteiger partial charge in [-0.15, -0.1) is 0 Å². The normalized spacial score (nSPS) is 16.6. The van der Waals surface area contributed by atoms with Crippen LogP contribution in [0.1, 0.15) is 23.2 Å². The van der Waals surface area contributed by atoms with Crippen molar-refractivity contribution in [1.82, 2.24) is 0 Å². The van der Waals surface area contributed by atoms with Crippen molar-refractivity contribution in [3.8, 4) is 11.5 Å². The Morgan fingerprint density at radius 3 is 2.67 bits per heavy atom. The predicted molar refractivity (Wildman–Crippen MR) is 91.9 cm³/mol. The zero-order valence-corrected chi connectivity index (χ0v) is 13.7. The molecule has 1 N–H and O–H groups in total. The Morgan fingerprint density at radius 2 is 1.92 bits per heavy atom. The Labute approximate surface area is 141 Å². The molecule has 0 radical (unpaired) electrons. The summed E-state index contributed by atoms with van der Waals surface area (Å²) in [4.78, 5) is 12.5. The summed E-state index contributed by atoms with van der Waals surface area (Å²) in [6, 6.07) is 14.5. The molecule has 0 aliphatic carbocycles. The molecule has 0 bridgehead atoms. The van der Waals surface area contributed by atoms with Crippen molar-refractivity contribution in [2.75, 3.05) is 25.6 Å². The number of ether oxygens (including phenoxy) is 3. The van der Waals surface area contributed by atoms with E-state index in [4.69, 9.17) is 14.2 Å². The summed E-state index contributed by atoms with van der Waals surface area (Å²) in [5, 5.41) is 2.89. The lowest BCUT2D eigenvalue weighted by molar-refractivity contribution is 0.0682. The van der Waals surface area contributed by atoms with E-state index in [1.807, 2.05) is 30.3 Å². The van der Waals surface area contributed by atoms with Crippen molar-refractivity contribution in [2.45, 2.75) is 18.9 Å². The van der Waals surface area contributed by atoms with Crippen LogP contribution in [0.3, 0.4) is 0 Å². The van der Waals surface area contributed by atoms with Gasteiger partial charge in [0.15, 0.2) is 0 Å². The highest BCUT2D eigenvalue weighted by Gasteiger charge is 2.18. The Hall–Kier alpha value is -2.53. The predicted octanol–water partition coefficient (Wildman–Crippen LogP) is 3.51. The lowest BCUT2D eigenvalue weighted by Gasteiger charge is -2.15. The number of carbonyl (C=O) groups is 1. The van der Waals surface area contributed by atoms with E-state index in [-0.39, 0.29) is 12.0 Å². The van der Waals surface area contributed by atoms with E-state index < -0.39 is 0 Å². The molecule has 0 unspecified atom stereocenters. The maximum atomic E-state index is 12.5. The van der Waals surface area contributed by atoms with Crippen LogP contribution < -0.4 is 14.8 Å². The smallest absolute Gasteiger partial charge is 0.259 e. The molecule has 0 spiro atoms. The van der Waals surface area contributed by atoms with Crippen LogP contribution in [0.4, 0.5) is 5.69 Å². The molecule has 1 aliphatic heterocycles. The van der Waals surface area contributed by atoms with Crippen LogP contribution in [-0.4, -0.2) is 32.3 Å². The minimum atomic E-state index is -0.236. The molecule has 5 heteroatoms. The van der Waals surface area contributed by atoms with Crippen LogP contribution in [-0.2, 0) is 4.74 Å². The van der Waals surface area contributed by atoms with E-state index in [1.54, 1.807) is 25.3 Å². The summed E-state index contributed by atoms with van der Waals surface area (Å²) in [5.41, 5.74) is 1.11. The summed E-state index contributed by atoms with van der Waals surface area (Å²) in [6.07, 6.45) is 2.21. The Kier molecular flexibility index (Phi) is 5.33. The number of anilines is 1. The number of benzene rings is 2. The van der Waals surface area contributed by atoms with Gasteiger partial charge >= 0.3 is 0 Å². The lowest BCUT2D eigenvalue weighted by Crippen LogP contribution is -2.18. The molecule has 1 saturated heterocycles. The molecule has 3 rings (SSSR count). The van der Waals surface area contributed by atoms with E-state index in [0.29, 0.717) is 29.4 Å². The molecule has 2 aromatic rings. The summed E-state index contributed by atoms with van der Waals surface area (Å²) >= 11 is 0. The maximum Gasteiger partial charge on any atom is 0.259 e. The minimum absolute atomic E-state index is 0.128. The quantitative estimate of drug-likeness (QED) is 0.882. The van der Waals surface area contributed by atoms with Crippen LogP contribution >= 0.6 is 0 Å². The van der Waals surface area contributed by atoms with Crippen molar-refractivity contribution < 1.29 is 19.0 Å². The molecule has 0 aromatic heterocycles. The third-order valence-corrected chi connectivity index (χ3v) is 3.94. The molecular weight excluding hydrogens is 306 g/mol. The Morgan fingerprint density at radius 1 is 1.17 bits per heavy atom. The number of nitrogens with one attached hydrogen (secondary N) is 1. The van der Waals surface area contributed by atoms with Gasteiger partial charge in [0.2, 0.25) is 0 Å². The maximum absolute atomic E-state index is 12.5. The number of para-hydroxylation sites is 3. The zero-order valence-electron chi connectivity index (χ0n) is 13.7. The van der Waals surface area contributed by atoms with Gasteiger partial charge in [0.25, 0.3) is 5.91 Å². The lowest BCUT2D eigenvalue weighted by atomic mass is 10.2. The Bertz CT molecular complexity index is 695. The standard InChI is InChI=1S/C19H21NO4/c1-22-17-10-4-2-8-15(17)19(21)20-16-9-3-5-11-18(16)24-13-14-7-6-12-23-14/h2-5,8-11,14H,6-7,12-13H2,1H3,(H,20,21)/t14-/m0/s1. The molecule has 1 heterocycles. The summed E-state index contributed by atoms with van der Waals surface area (Å²) in [6.45, 7) is 1.28. The minimum Gasteiger partial charge on any atom is -0.496 e. The number of hydrogen-bond donors (Lipinski definition) is 1. The highest BCUT2D eigenvalue weighted by molar-refractivity contribution is 6.06. The largest absolute Gasteiger partial charge is 0.496 e. The fourth-order valence-electron chi connectivity index (χ4n) is 2.68. The second kappa shape index (κ2) is 7.84. The molecule has 1 amide bonds. The summed E-state index contributed by atoms with van der Waals surface area (Å²) in [7, 11) is 1.55. The van der Waals surface area contributed by atoms with E-state index in [1.165, 1.54) is 0 Å². The van der Waals surface area contributed by atoms with Crippen LogP contribution in [0.25, 0.3) is 0 Å². The van der Waals surface area contributed by atoms with Crippen molar-refractivity contribution in [2.24, 2.45) is 0 Å². The molecule has 126 valence electrons. The molecule has 1 atom stereocenters. The molecule has 1 fully saturated rings. The van der Waals surface area contributed by atoms with Crippen molar-refractivity contribution in [1.29, 1.82) is 0 Å². The molecule has 0 saturated carbocycles. The average Bonchev–Trinajstić information content (AvgIpc) is 3.14. The Balaban J connectivity index is 1.71. The van der Waals surface area contributed by atoms with Crippen molar-refractivity contribution >= 4 is 11.6 Å². The monoisotopic (exact) mass is 327 g/mol. The van der Waals surface area contributed by atoms with Crippen LogP contribution in [0.15, 0.2) is 48.5 Å². The molecule has 24 heavy (non-hydrogen) atoms. The van der Waals surface area contributed by atoms with Gasteiger partial charge in [-0.05, 0) is 37.1 Å². The second-order valence-electron chi connectivity index (χ2n) is 5.60. The molecule has 5 nitrogen and oxygen atoms in total. The van der Waals surface area contributed by atoms with E-state index >= 15 is 0 Å². The number of methoxy groups -OCH3 is 1. The average molecular weight is 327 g/mol. The van der Waals surface area contributed by atoms with E-state index in [0.717, 1.165) is 19.4 Å². The van der Waals surface area contributed by atoms with Gasteiger partial charge < -0.3 is 19.5 Å². The van der Waals surface area contributed by atoms with Crippen LogP contribution in [0.5, 0.6) is 11.5 Å². The van der Waals surface area contributed by atoms with Crippen LogP contribution in [0, 0.1) is 0 Å². The fourth-order valence-corrected chi connectivity index (χ4v) is 2.68. The van der Waals surface area contributed by atoms with Gasteiger partial charge in [0, 0.05) is 6.61 Å². The third kappa shape index (κ3) is 3.86. The molecular formula is C19H21NO4. The number of amides is 1. The van der Waals surface area contributed by atoms with Gasteiger partial charge in [-0.3, -0.25) is 4.79 Å². The first-order valence-electron chi connectivity index (χ1n) is 8.05. The second-order valence-corrected chi connectivity index (χ2v) is 5.60. The van der Waals surface area contributed by atoms with E-state index in [2.05, 4.69) is 5.32 Å². The SMILES string of the molecule is COc1ccccc1C(=O)Nc1ccccc1OC[C@@H]1CCCO1. The number of carbonyl (C=O) groups excluding carboxylic acids is 1. The first-order valence-corrected chi connectivity index (χ1v) is 8.05. The third-order valence-electron chi connectivity index (χ3n) is 3.94. The van der Waals surface area contributed by atoms with Gasteiger partial charge in [-0.1, -0.05) is 24.3 Å². The fraction of sp³-hybridized carbons (Fsp3) is 0.316. The van der Waals surface area contributed by atoms with Gasteiger partial charge in [0.05, 0.1) is 24.5 Å². The van der Waals surface area contributed by atoms with Crippen molar-refractivity contribution in [3.63, 3.8) is 0 Å². The topological polar surface area (TPSA) is 56.8 Å². The van der Waals surface area contributed by atoms with E-state index in [9.17, 15) is 4.79 Å². The summed E-state index contributed by atoms with van der Waals surface area (Å²) in [5.74, 6) is 0.935. The van der Waals surface area contributed by atoms with Gasteiger partial charge in [-0.25, -0.2) is 0 Å². The number of hydrogen-bond acceptors (Lipinski definition) is 4.